The van der Waals surface area contributed by atoms with E-state index in [-0.39, 0.29) is 0 Å². The molecule has 0 fully saturated rings. The van der Waals surface area contributed by atoms with Gasteiger partial charge in [0.25, 0.3) is 0 Å². The van der Waals surface area contributed by atoms with E-state index < -0.39 is 5.91 Å². The highest BCUT2D eigenvalue weighted by atomic mass is 16.1. The third kappa shape index (κ3) is 2.96. The SMILES string of the molecule is Cc1cc(/C=C/C(N)=O)cc(C)c1C(C)C. The van der Waals surface area contributed by atoms with Gasteiger partial charge in [-0.15, -0.1) is 0 Å². The average Bonchev–Trinajstić information content (AvgIpc) is 2.12. The molecule has 2 N–H and O–H groups in total. The van der Waals surface area contributed by atoms with E-state index >= 15 is 0 Å². The normalized spacial score (nSPS) is 11.3. The van der Waals surface area contributed by atoms with Gasteiger partial charge >= 0.3 is 0 Å². The number of benzene rings is 1. The lowest BCUT2D eigenvalue weighted by Crippen LogP contribution is -2.05. The second-order valence-electron chi connectivity index (χ2n) is 4.46. The first-order valence-electron chi connectivity index (χ1n) is 5.50. The van der Waals surface area contributed by atoms with Gasteiger partial charge in [0.1, 0.15) is 0 Å². The lowest BCUT2D eigenvalue weighted by molar-refractivity contribution is -0.113. The molecule has 0 aliphatic rings. The molecule has 0 atom stereocenters. The van der Waals surface area contributed by atoms with E-state index in [0.29, 0.717) is 5.92 Å². The number of hydrogen-bond donors (Lipinski definition) is 1. The number of carbonyl (C=O) groups excluding carboxylic acids is 1. The van der Waals surface area contributed by atoms with Gasteiger partial charge < -0.3 is 5.73 Å². The number of primary amides is 1. The van der Waals surface area contributed by atoms with Crippen molar-refractivity contribution in [3.05, 3.63) is 40.5 Å². The van der Waals surface area contributed by atoms with Crippen molar-refractivity contribution in [3.63, 3.8) is 0 Å². The first kappa shape index (κ1) is 12.5. The van der Waals surface area contributed by atoms with Crippen LogP contribution in [0.3, 0.4) is 0 Å². The summed E-state index contributed by atoms with van der Waals surface area (Å²) in [5, 5.41) is 0. The van der Waals surface area contributed by atoms with Crippen molar-refractivity contribution in [2.24, 2.45) is 5.73 Å². The van der Waals surface area contributed by atoms with Crippen LogP contribution >= 0.6 is 0 Å². The lowest BCUT2D eigenvalue weighted by atomic mass is 9.91. The molecule has 0 saturated heterocycles. The summed E-state index contributed by atoms with van der Waals surface area (Å²) >= 11 is 0. The summed E-state index contributed by atoms with van der Waals surface area (Å²) in [5.41, 5.74) is 10.0. The Balaban J connectivity index is 3.14. The minimum Gasteiger partial charge on any atom is -0.366 e. The summed E-state index contributed by atoms with van der Waals surface area (Å²) in [5.74, 6) is 0.109. The van der Waals surface area contributed by atoms with E-state index in [0.717, 1.165) is 5.56 Å². The molecule has 0 saturated carbocycles. The van der Waals surface area contributed by atoms with Crippen molar-refractivity contribution in [1.82, 2.24) is 0 Å². The standard InChI is InChI=1S/C14H19NO/c1-9(2)14-10(3)7-12(8-11(14)4)5-6-13(15)16/h5-9H,1-4H3,(H2,15,16)/b6-5+. The predicted molar refractivity (Wildman–Crippen MR) is 68.2 cm³/mol. The maximum Gasteiger partial charge on any atom is 0.241 e. The molecule has 86 valence electrons. The van der Waals surface area contributed by atoms with Gasteiger partial charge in [0.15, 0.2) is 0 Å². The summed E-state index contributed by atoms with van der Waals surface area (Å²) in [6, 6.07) is 4.17. The Labute approximate surface area is 97.2 Å². The molecule has 2 nitrogen and oxygen atoms in total. The summed E-state index contributed by atoms with van der Waals surface area (Å²) in [6.07, 6.45) is 3.15. The Morgan fingerprint density at radius 3 is 2.12 bits per heavy atom. The third-order valence-electron chi connectivity index (χ3n) is 2.63. The molecular weight excluding hydrogens is 198 g/mol. The van der Waals surface area contributed by atoms with Gasteiger partial charge in [-0.3, -0.25) is 4.79 Å². The van der Waals surface area contributed by atoms with Crippen molar-refractivity contribution in [2.45, 2.75) is 33.6 Å². The first-order chi connectivity index (χ1) is 7.41. The molecular formula is C14H19NO. The van der Waals surface area contributed by atoms with Crippen molar-refractivity contribution in [3.8, 4) is 0 Å². The van der Waals surface area contributed by atoms with Crippen LogP contribution in [0.25, 0.3) is 6.08 Å². The number of nitrogens with two attached hydrogens (primary N) is 1. The molecule has 2 heteroatoms. The van der Waals surface area contributed by atoms with Crippen molar-refractivity contribution in [1.29, 1.82) is 0 Å². The molecule has 0 aromatic heterocycles. The summed E-state index contributed by atoms with van der Waals surface area (Å²) < 4.78 is 0. The minimum atomic E-state index is -0.414. The second-order valence-corrected chi connectivity index (χ2v) is 4.46. The maximum absolute atomic E-state index is 10.7. The average molecular weight is 217 g/mol. The van der Waals surface area contributed by atoms with Gasteiger partial charge in [-0.25, -0.2) is 0 Å². The number of hydrogen-bond acceptors (Lipinski definition) is 1. The smallest absolute Gasteiger partial charge is 0.241 e. The zero-order chi connectivity index (χ0) is 12.3. The molecule has 0 aliphatic heterocycles. The molecule has 0 aliphatic carbocycles. The Kier molecular flexibility index (Phi) is 3.88. The topological polar surface area (TPSA) is 43.1 Å². The van der Waals surface area contributed by atoms with Crippen LogP contribution < -0.4 is 5.73 Å². The van der Waals surface area contributed by atoms with Crippen LogP contribution in [0.1, 0.15) is 42.0 Å². The fourth-order valence-corrected chi connectivity index (χ4v) is 2.19. The van der Waals surface area contributed by atoms with Crippen LogP contribution in [-0.4, -0.2) is 5.91 Å². The number of amides is 1. The quantitative estimate of drug-likeness (QED) is 0.777. The zero-order valence-electron chi connectivity index (χ0n) is 10.4. The fraction of sp³-hybridized carbons (Fsp3) is 0.357. The Morgan fingerprint density at radius 2 is 1.75 bits per heavy atom. The van der Waals surface area contributed by atoms with Crippen LogP contribution in [-0.2, 0) is 4.79 Å². The van der Waals surface area contributed by atoms with Gasteiger partial charge in [0.05, 0.1) is 0 Å². The van der Waals surface area contributed by atoms with E-state index in [2.05, 4.69) is 39.8 Å². The highest BCUT2D eigenvalue weighted by Gasteiger charge is 2.07. The van der Waals surface area contributed by atoms with Gasteiger partial charge in [-0.05, 0) is 48.1 Å². The zero-order valence-corrected chi connectivity index (χ0v) is 10.4. The van der Waals surface area contributed by atoms with E-state index in [1.54, 1.807) is 6.08 Å². The van der Waals surface area contributed by atoms with Crippen LogP contribution in [0.2, 0.25) is 0 Å². The van der Waals surface area contributed by atoms with Crippen molar-refractivity contribution >= 4 is 12.0 Å². The summed E-state index contributed by atoms with van der Waals surface area (Å²) in [6.45, 7) is 8.58. The molecule has 0 heterocycles. The largest absolute Gasteiger partial charge is 0.366 e. The molecule has 1 aromatic carbocycles. The molecule has 0 radical (unpaired) electrons. The number of aryl methyl sites for hydroxylation is 2. The van der Waals surface area contributed by atoms with E-state index in [1.807, 2.05) is 0 Å². The molecule has 0 spiro atoms. The third-order valence-corrected chi connectivity index (χ3v) is 2.63. The number of carbonyl (C=O) groups is 1. The lowest BCUT2D eigenvalue weighted by Gasteiger charge is -2.14. The Hall–Kier alpha value is -1.57. The molecule has 1 rings (SSSR count). The molecule has 1 amide bonds. The van der Waals surface area contributed by atoms with Gasteiger partial charge in [-0.2, -0.15) is 0 Å². The molecule has 16 heavy (non-hydrogen) atoms. The molecule has 0 bridgehead atoms. The number of rotatable bonds is 3. The molecule has 1 aromatic rings. The maximum atomic E-state index is 10.7. The van der Waals surface area contributed by atoms with Crippen LogP contribution in [0.5, 0.6) is 0 Å². The predicted octanol–water partition coefficient (Wildman–Crippen LogP) is 2.93. The second kappa shape index (κ2) is 4.97. The Morgan fingerprint density at radius 1 is 1.25 bits per heavy atom. The van der Waals surface area contributed by atoms with E-state index in [1.165, 1.54) is 22.8 Å². The summed E-state index contributed by atoms with van der Waals surface area (Å²) in [7, 11) is 0. The van der Waals surface area contributed by atoms with E-state index in [4.69, 9.17) is 5.73 Å². The highest BCUT2D eigenvalue weighted by Crippen LogP contribution is 2.24. The Bertz CT molecular complexity index is 407. The van der Waals surface area contributed by atoms with Crippen molar-refractivity contribution in [2.75, 3.05) is 0 Å². The fourth-order valence-electron chi connectivity index (χ4n) is 2.19. The van der Waals surface area contributed by atoms with Gasteiger partial charge in [0, 0.05) is 6.08 Å². The van der Waals surface area contributed by atoms with E-state index in [9.17, 15) is 4.79 Å². The monoisotopic (exact) mass is 217 g/mol. The highest BCUT2D eigenvalue weighted by molar-refractivity contribution is 5.90. The van der Waals surface area contributed by atoms with Gasteiger partial charge in [-0.1, -0.05) is 26.0 Å². The van der Waals surface area contributed by atoms with Gasteiger partial charge in [0.2, 0.25) is 5.91 Å². The van der Waals surface area contributed by atoms with Crippen LogP contribution in [0.15, 0.2) is 18.2 Å². The summed E-state index contributed by atoms with van der Waals surface area (Å²) in [4.78, 5) is 10.7. The minimum absolute atomic E-state index is 0.414. The van der Waals surface area contributed by atoms with Crippen LogP contribution in [0.4, 0.5) is 0 Å². The van der Waals surface area contributed by atoms with Crippen LogP contribution in [0, 0.1) is 13.8 Å². The first-order valence-corrected chi connectivity index (χ1v) is 5.50. The molecule has 0 unspecified atom stereocenters. The van der Waals surface area contributed by atoms with Crippen molar-refractivity contribution < 1.29 is 4.79 Å².